The van der Waals surface area contributed by atoms with Crippen molar-refractivity contribution in [3.05, 3.63) is 23.3 Å². The van der Waals surface area contributed by atoms with Crippen molar-refractivity contribution in [1.29, 1.82) is 0 Å². The predicted octanol–water partition coefficient (Wildman–Crippen LogP) is 3.55. The van der Waals surface area contributed by atoms with Gasteiger partial charge in [-0.15, -0.1) is 0 Å². The number of aliphatic hydroxyl groups excluding tert-OH is 1. The fourth-order valence-electron chi connectivity index (χ4n) is 3.48. The molecule has 0 radical (unpaired) electrons. The highest BCUT2D eigenvalue weighted by Crippen LogP contribution is 2.46. The number of hydrogen-bond acceptors (Lipinski definition) is 1. The number of allylic oxidation sites excluding steroid dienone is 3. The molecular weight excluding hydrogens is 196 g/mol. The quantitative estimate of drug-likeness (QED) is 0.670. The van der Waals surface area contributed by atoms with Crippen molar-refractivity contribution in [1.82, 2.24) is 0 Å². The molecule has 1 nitrogen and oxygen atoms in total. The lowest BCUT2D eigenvalue weighted by Crippen LogP contribution is -2.41. The summed E-state index contributed by atoms with van der Waals surface area (Å²) in [6.45, 7) is 8.88. The van der Waals surface area contributed by atoms with Gasteiger partial charge in [-0.2, -0.15) is 0 Å². The van der Waals surface area contributed by atoms with Gasteiger partial charge in [-0.1, -0.05) is 31.6 Å². The normalized spacial score (nSPS) is 39.1. The van der Waals surface area contributed by atoms with Crippen molar-refractivity contribution in [2.75, 3.05) is 0 Å². The van der Waals surface area contributed by atoms with Gasteiger partial charge in [-0.3, -0.25) is 0 Å². The molecule has 0 heterocycles. The van der Waals surface area contributed by atoms with Crippen LogP contribution in [0.15, 0.2) is 23.3 Å². The van der Waals surface area contributed by atoms with Crippen LogP contribution in [0.4, 0.5) is 0 Å². The van der Waals surface area contributed by atoms with Crippen LogP contribution in [0, 0.1) is 23.7 Å². The first-order valence-corrected chi connectivity index (χ1v) is 6.53. The third-order valence-electron chi connectivity index (χ3n) is 4.64. The Morgan fingerprint density at radius 1 is 1.12 bits per heavy atom. The molecule has 90 valence electrons. The SMILES string of the molecule is CC1=CC[C@H]2C(C)=CC[C@@H](C(C)C)C2[C@@H]1O. The summed E-state index contributed by atoms with van der Waals surface area (Å²) in [6.07, 6.45) is 6.68. The Morgan fingerprint density at radius 2 is 1.75 bits per heavy atom. The Balaban J connectivity index is 2.33. The summed E-state index contributed by atoms with van der Waals surface area (Å²) in [5.41, 5.74) is 2.67. The van der Waals surface area contributed by atoms with E-state index in [4.69, 9.17) is 0 Å². The molecule has 2 aliphatic carbocycles. The van der Waals surface area contributed by atoms with E-state index in [-0.39, 0.29) is 6.10 Å². The smallest absolute Gasteiger partial charge is 0.0784 e. The van der Waals surface area contributed by atoms with E-state index >= 15 is 0 Å². The molecule has 16 heavy (non-hydrogen) atoms. The van der Waals surface area contributed by atoms with Gasteiger partial charge in [-0.25, -0.2) is 0 Å². The minimum Gasteiger partial charge on any atom is -0.388 e. The summed E-state index contributed by atoms with van der Waals surface area (Å²) >= 11 is 0. The minimum absolute atomic E-state index is 0.213. The molecule has 0 saturated carbocycles. The van der Waals surface area contributed by atoms with E-state index in [9.17, 15) is 5.11 Å². The van der Waals surface area contributed by atoms with Crippen LogP contribution in [-0.4, -0.2) is 11.2 Å². The fraction of sp³-hybridized carbons (Fsp3) is 0.733. The molecule has 0 aromatic carbocycles. The van der Waals surface area contributed by atoms with E-state index in [2.05, 4.69) is 39.8 Å². The fourth-order valence-corrected chi connectivity index (χ4v) is 3.48. The third-order valence-corrected chi connectivity index (χ3v) is 4.64. The lowest BCUT2D eigenvalue weighted by atomic mass is 9.62. The lowest BCUT2D eigenvalue weighted by molar-refractivity contribution is 0.0385. The Bertz CT molecular complexity index is 324. The first-order chi connectivity index (χ1) is 7.52. The monoisotopic (exact) mass is 220 g/mol. The Labute approximate surface area is 99.3 Å². The summed E-state index contributed by atoms with van der Waals surface area (Å²) in [4.78, 5) is 0. The molecule has 1 heteroatoms. The Hall–Kier alpha value is -0.560. The van der Waals surface area contributed by atoms with Crippen LogP contribution < -0.4 is 0 Å². The zero-order chi connectivity index (χ0) is 11.9. The van der Waals surface area contributed by atoms with Crippen molar-refractivity contribution in [3.8, 4) is 0 Å². The van der Waals surface area contributed by atoms with Gasteiger partial charge in [-0.05, 0) is 55.9 Å². The Kier molecular flexibility index (Phi) is 3.25. The predicted molar refractivity (Wildman–Crippen MR) is 68.1 cm³/mol. The molecule has 0 aromatic rings. The third kappa shape index (κ3) is 1.86. The van der Waals surface area contributed by atoms with E-state index in [0.29, 0.717) is 23.7 Å². The molecular formula is C15H24O. The summed E-state index contributed by atoms with van der Waals surface area (Å²) in [5, 5.41) is 10.4. The molecule has 0 aromatic heterocycles. The second-order valence-corrected chi connectivity index (χ2v) is 5.90. The van der Waals surface area contributed by atoms with Crippen molar-refractivity contribution in [2.45, 2.75) is 46.6 Å². The average Bonchev–Trinajstić information content (AvgIpc) is 2.23. The zero-order valence-corrected chi connectivity index (χ0v) is 10.9. The van der Waals surface area contributed by atoms with E-state index in [1.807, 2.05) is 0 Å². The molecule has 4 atom stereocenters. The number of aliphatic hydroxyl groups is 1. The highest BCUT2D eigenvalue weighted by molar-refractivity contribution is 5.23. The molecule has 0 fully saturated rings. The largest absolute Gasteiger partial charge is 0.388 e. The molecule has 0 bridgehead atoms. The van der Waals surface area contributed by atoms with Gasteiger partial charge >= 0.3 is 0 Å². The molecule has 2 rings (SSSR count). The zero-order valence-electron chi connectivity index (χ0n) is 10.9. The van der Waals surface area contributed by atoms with E-state index in [1.165, 1.54) is 11.1 Å². The first kappa shape index (κ1) is 11.9. The maximum absolute atomic E-state index is 10.4. The average molecular weight is 220 g/mol. The minimum atomic E-state index is -0.213. The summed E-state index contributed by atoms with van der Waals surface area (Å²) in [7, 11) is 0. The van der Waals surface area contributed by atoms with Crippen molar-refractivity contribution in [2.24, 2.45) is 23.7 Å². The number of fused-ring (bicyclic) bond motifs is 1. The van der Waals surface area contributed by atoms with E-state index in [1.54, 1.807) is 0 Å². The highest BCUT2D eigenvalue weighted by atomic mass is 16.3. The van der Waals surface area contributed by atoms with Crippen LogP contribution >= 0.6 is 0 Å². The van der Waals surface area contributed by atoms with Crippen LogP contribution in [0.1, 0.15) is 40.5 Å². The maximum Gasteiger partial charge on any atom is 0.0784 e. The van der Waals surface area contributed by atoms with Gasteiger partial charge in [0, 0.05) is 0 Å². The molecule has 0 amide bonds. The molecule has 2 aliphatic rings. The molecule has 0 aliphatic heterocycles. The second-order valence-electron chi connectivity index (χ2n) is 5.90. The number of rotatable bonds is 1. The standard InChI is InChI=1S/C15H24O/c1-9(2)12-7-5-10(3)13-8-6-11(4)15(16)14(12)13/h5-6,9,12-16H,7-8H2,1-4H3/t12-,13-,14?,15+/m0/s1. The van der Waals surface area contributed by atoms with Gasteiger partial charge < -0.3 is 5.11 Å². The van der Waals surface area contributed by atoms with Gasteiger partial charge in [0.25, 0.3) is 0 Å². The second kappa shape index (κ2) is 4.37. The van der Waals surface area contributed by atoms with Crippen LogP contribution in [0.3, 0.4) is 0 Å². The van der Waals surface area contributed by atoms with Gasteiger partial charge in [0.05, 0.1) is 6.10 Å². The van der Waals surface area contributed by atoms with Crippen molar-refractivity contribution < 1.29 is 5.11 Å². The van der Waals surface area contributed by atoms with Crippen LogP contribution in [0.25, 0.3) is 0 Å². The molecule has 0 spiro atoms. The Morgan fingerprint density at radius 3 is 2.38 bits per heavy atom. The van der Waals surface area contributed by atoms with Crippen molar-refractivity contribution in [3.63, 3.8) is 0 Å². The maximum atomic E-state index is 10.4. The van der Waals surface area contributed by atoms with E-state index < -0.39 is 0 Å². The molecule has 1 unspecified atom stereocenters. The topological polar surface area (TPSA) is 20.2 Å². The van der Waals surface area contributed by atoms with Gasteiger partial charge in [0.2, 0.25) is 0 Å². The summed E-state index contributed by atoms with van der Waals surface area (Å²) < 4.78 is 0. The van der Waals surface area contributed by atoms with Crippen molar-refractivity contribution >= 4 is 0 Å². The molecule has 0 saturated heterocycles. The summed E-state index contributed by atoms with van der Waals surface area (Å²) in [5.74, 6) is 2.35. The molecule has 1 N–H and O–H groups in total. The van der Waals surface area contributed by atoms with Crippen LogP contribution in [-0.2, 0) is 0 Å². The van der Waals surface area contributed by atoms with Gasteiger partial charge in [0.15, 0.2) is 0 Å². The number of hydrogen-bond donors (Lipinski definition) is 1. The van der Waals surface area contributed by atoms with E-state index in [0.717, 1.165) is 12.8 Å². The van der Waals surface area contributed by atoms with Gasteiger partial charge in [0.1, 0.15) is 0 Å². The highest BCUT2D eigenvalue weighted by Gasteiger charge is 2.41. The lowest BCUT2D eigenvalue weighted by Gasteiger charge is -2.44. The summed E-state index contributed by atoms with van der Waals surface area (Å²) in [6, 6.07) is 0. The van der Waals surface area contributed by atoms with Crippen LogP contribution in [0.5, 0.6) is 0 Å². The first-order valence-electron chi connectivity index (χ1n) is 6.53. The van der Waals surface area contributed by atoms with Crippen LogP contribution in [0.2, 0.25) is 0 Å².